The van der Waals surface area contributed by atoms with Crippen molar-refractivity contribution in [1.29, 1.82) is 0 Å². The van der Waals surface area contributed by atoms with Crippen LogP contribution in [0.2, 0.25) is 0 Å². The lowest BCUT2D eigenvalue weighted by Crippen LogP contribution is -2.45. The molecule has 0 unspecified atom stereocenters. The van der Waals surface area contributed by atoms with E-state index in [0.29, 0.717) is 11.8 Å². The van der Waals surface area contributed by atoms with Crippen molar-refractivity contribution in [3.05, 3.63) is 42.0 Å². The highest BCUT2D eigenvalue weighted by Gasteiger charge is 2.25. The van der Waals surface area contributed by atoms with Crippen LogP contribution in [0.15, 0.2) is 36.4 Å². The average Bonchev–Trinajstić information content (AvgIpc) is 2.58. The van der Waals surface area contributed by atoms with E-state index >= 15 is 0 Å². The minimum absolute atomic E-state index is 0. The molecule has 1 aliphatic rings. The monoisotopic (exact) mass is 370 g/mol. The Morgan fingerprint density at radius 3 is 2.50 bits per heavy atom. The third-order valence-electron chi connectivity index (χ3n) is 4.70. The van der Waals surface area contributed by atoms with Crippen molar-refractivity contribution in [3.63, 3.8) is 0 Å². The van der Waals surface area contributed by atoms with Gasteiger partial charge in [0, 0.05) is 37.8 Å². The summed E-state index contributed by atoms with van der Waals surface area (Å²) in [4.78, 5) is 2.54. The second-order valence-electron chi connectivity index (χ2n) is 6.16. The molecule has 24 heavy (non-hydrogen) atoms. The molecule has 0 aromatic heterocycles. The van der Waals surface area contributed by atoms with Gasteiger partial charge in [-0.15, -0.1) is 24.8 Å². The molecule has 1 aliphatic heterocycles. The number of hydrogen-bond donors (Lipinski definition) is 2. The maximum absolute atomic E-state index is 10.6. The van der Waals surface area contributed by atoms with Gasteiger partial charge in [-0.05, 0) is 23.3 Å². The fourth-order valence-corrected chi connectivity index (χ4v) is 3.54. The molecular weight excluding hydrogens is 343 g/mol. The molecule has 0 aliphatic carbocycles. The summed E-state index contributed by atoms with van der Waals surface area (Å²) in [6.45, 7) is 6.41. The van der Waals surface area contributed by atoms with Gasteiger partial charge < -0.3 is 10.4 Å². The lowest BCUT2D eigenvalue weighted by Gasteiger charge is -2.36. The Morgan fingerprint density at radius 2 is 1.79 bits per heavy atom. The minimum Gasteiger partial charge on any atom is -0.508 e. The van der Waals surface area contributed by atoms with Crippen LogP contribution >= 0.6 is 24.8 Å². The maximum atomic E-state index is 10.6. The third-order valence-corrected chi connectivity index (χ3v) is 4.70. The molecule has 1 heterocycles. The molecule has 0 bridgehead atoms. The molecule has 0 saturated carbocycles. The van der Waals surface area contributed by atoms with E-state index in [1.165, 1.54) is 23.6 Å². The summed E-state index contributed by atoms with van der Waals surface area (Å²) in [6.07, 6.45) is 3.49. The number of rotatable bonds is 5. The zero-order valence-electron chi connectivity index (χ0n) is 14.2. The Bertz CT molecular complexity index is 630. The number of piperazine rings is 1. The number of unbranched alkanes of at least 4 members (excludes halogenated alkanes) is 1. The summed E-state index contributed by atoms with van der Waals surface area (Å²) in [5.41, 5.74) is 1.12. The van der Waals surface area contributed by atoms with Crippen LogP contribution in [-0.4, -0.2) is 36.2 Å². The van der Waals surface area contributed by atoms with Crippen LogP contribution in [0.4, 0.5) is 0 Å². The molecule has 1 saturated heterocycles. The number of aromatic hydroxyl groups is 1. The van der Waals surface area contributed by atoms with Crippen molar-refractivity contribution in [3.8, 4) is 5.75 Å². The number of halogens is 2. The van der Waals surface area contributed by atoms with Crippen LogP contribution in [0, 0.1) is 0 Å². The standard InChI is InChI=1S/C19H26N2O.2ClH/c1-2-3-8-17(21-13-11-20-12-14-21)19-16-7-5-4-6-15(16)9-10-18(19)22;;/h4-7,9-10,17,20,22H,2-3,8,11-14H2,1H3;2*1H/t17-;;/m0../s1. The quantitative estimate of drug-likeness (QED) is 0.811. The molecule has 3 nitrogen and oxygen atoms in total. The highest BCUT2D eigenvalue weighted by molar-refractivity contribution is 5.88. The number of benzene rings is 2. The van der Waals surface area contributed by atoms with Crippen molar-refractivity contribution < 1.29 is 5.11 Å². The van der Waals surface area contributed by atoms with E-state index in [2.05, 4.69) is 41.4 Å². The Labute approximate surface area is 157 Å². The summed E-state index contributed by atoms with van der Waals surface area (Å²) < 4.78 is 0. The zero-order chi connectivity index (χ0) is 15.4. The maximum Gasteiger partial charge on any atom is 0.121 e. The van der Waals surface area contributed by atoms with Crippen LogP contribution in [0.1, 0.15) is 37.8 Å². The molecule has 5 heteroatoms. The highest BCUT2D eigenvalue weighted by atomic mass is 35.5. The minimum atomic E-state index is 0. The van der Waals surface area contributed by atoms with Crippen molar-refractivity contribution in [2.45, 2.75) is 32.2 Å². The molecule has 0 spiro atoms. The van der Waals surface area contributed by atoms with E-state index < -0.39 is 0 Å². The van der Waals surface area contributed by atoms with Crippen molar-refractivity contribution >= 4 is 35.6 Å². The number of hydrogen-bond acceptors (Lipinski definition) is 3. The molecule has 3 rings (SSSR count). The van der Waals surface area contributed by atoms with Crippen molar-refractivity contribution in [2.75, 3.05) is 26.2 Å². The van der Waals surface area contributed by atoms with E-state index in [9.17, 15) is 5.11 Å². The zero-order valence-corrected chi connectivity index (χ0v) is 15.8. The van der Waals surface area contributed by atoms with Gasteiger partial charge in [0.25, 0.3) is 0 Å². The van der Waals surface area contributed by atoms with Crippen molar-refractivity contribution in [1.82, 2.24) is 10.2 Å². The Hall–Kier alpha value is -1.00. The van der Waals surface area contributed by atoms with Gasteiger partial charge >= 0.3 is 0 Å². The number of phenolic OH excluding ortho intramolecular Hbond substituents is 1. The van der Waals surface area contributed by atoms with E-state index in [1.54, 1.807) is 0 Å². The Kier molecular flexibility index (Phi) is 8.85. The molecule has 2 aromatic carbocycles. The lowest BCUT2D eigenvalue weighted by molar-refractivity contribution is 0.162. The molecule has 0 radical (unpaired) electrons. The first-order valence-electron chi connectivity index (χ1n) is 8.46. The van der Waals surface area contributed by atoms with Crippen molar-refractivity contribution in [2.24, 2.45) is 0 Å². The molecule has 2 N–H and O–H groups in total. The van der Waals surface area contributed by atoms with E-state index in [0.717, 1.165) is 38.2 Å². The molecule has 2 aromatic rings. The lowest BCUT2D eigenvalue weighted by atomic mass is 9.92. The molecular formula is C19H28Cl2N2O. The third kappa shape index (κ3) is 4.54. The van der Waals surface area contributed by atoms with Crippen LogP contribution < -0.4 is 5.32 Å². The van der Waals surface area contributed by atoms with Gasteiger partial charge in [-0.25, -0.2) is 0 Å². The largest absolute Gasteiger partial charge is 0.508 e. The first-order chi connectivity index (χ1) is 10.8. The van der Waals surface area contributed by atoms with E-state index in [4.69, 9.17) is 0 Å². The van der Waals surface area contributed by atoms with Gasteiger partial charge in [-0.2, -0.15) is 0 Å². The molecule has 1 fully saturated rings. The van der Waals surface area contributed by atoms with Gasteiger partial charge in [0.05, 0.1) is 0 Å². The summed E-state index contributed by atoms with van der Waals surface area (Å²) in [6, 6.07) is 12.6. The summed E-state index contributed by atoms with van der Waals surface area (Å²) in [5.74, 6) is 0.443. The van der Waals surface area contributed by atoms with Crippen LogP contribution in [0.5, 0.6) is 5.75 Å². The number of phenols is 1. The smallest absolute Gasteiger partial charge is 0.121 e. The fraction of sp³-hybridized carbons (Fsp3) is 0.474. The number of nitrogens with zero attached hydrogens (tertiary/aromatic N) is 1. The predicted molar refractivity (Wildman–Crippen MR) is 107 cm³/mol. The van der Waals surface area contributed by atoms with Gasteiger partial charge in [0.2, 0.25) is 0 Å². The normalized spacial score (nSPS) is 16.2. The van der Waals surface area contributed by atoms with E-state index in [1.807, 2.05) is 12.1 Å². The van der Waals surface area contributed by atoms with Gasteiger partial charge in [-0.1, -0.05) is 50.1 Å². The van der Waals surface area contributed by atoms with Crippen LogP contribution in [0.3, 0.4) is 0 Å². The molecule has 0 amide bonds. The Morgan fingerprint density at radius 1 is 1.08 bits per heavy atom. The van der Waals surface area contributed by atoms with E-state index in [-0.39, 0.29) is 24.8 Å². The van der Waals surface area contributed by atoms with Gasteiger partial charge in [0.15, 0.2) is 0 Å². The summed E-state index contributed by atoms with van der Waals surface area (Å²) >= 11 is 0. The average molecular weight is 371 g/mol. The van der Waals surface area contributed by atoms with Crippen LogP contribution in [0.25, 0.3) is 10.8 Å². The summed E-state index contributed by atoms with van der Waals surface area (Å²) in [7, 11) is 0. The second-order valence-corrected chi connectivity index (χ2v) is 6.16. The SMILES string of the molecule is CCCC[C@@H](c1c(O)ccc2ccccc12)N1CCNCC1.Cl.Cl. The fourth-order valence-electron chi connectivity index (χ4n) is 3.54. The van der Waals surface area contributed by atoms with Gasteiger partial charge in [0.1, 0.15) is 5.75 Å². The first-order valence-corrected chi connectivity index (χ1v) is 8.46. The number of nitrogens with one attached hydrogen (secondary N) is 1. The predicted octanol–water partition coefficient (Wildman–Crippen LogP) is 4.53. The van der Waals surface area contributed by atoms with Crippen LogP contribution in [-0.2, 0) is 0 Å². The topological polar surface area (TPSA) is 35.5 Å². The first kappa shape index (κ1) is 21.0. The number of fused-ring (bicyclic) bond motifs is 1. The molecule has 1 atom stereocenters. The highest BCUT2D eigenvalue weighted by Crippen LogP contribution is 2.38. The van der Waals surface area contributed by atoms with Gasteiger partial charge in [-0.3, -0.25) is 4.90 Å². The second kappa shape index (κ2) is 10.1. The summed E-state index contributed by atoms with van der Waals surface area (Å²) in [5, 5.41) is 16.4. The molecule has 134 valence electrons. The Balaban J connectivity index is 0.00000144.